The lowest BCUT2D eigenvalue weighted by molar-refractivity contribution is -0.166. The van der Waals surface area contributed by atoms with Crippen LogP contribution in [0, 0.1) is 17.3 Å². The molecule has 17 heavy (non-hydrogen) atoms. The standard InChI is InChI=1S/C15H26O2/c1-11(2)9-12-13(15(12,3)4)10-17-14-7-5-6-8-16-14/h9,12-14H,5-8,10H2,1-4H3/t12-,13+,14+/m0/s1. The van der Waals surface area contributed by atoms with E-state index in [0.717, 1.165) is 19.6 Å². The Bertz CT molecular complexity index is 283. The molecule has 0 N–H and O–H groups in total. The van der Waals surface area contributed by atoms with Gasteiger partial charge in [-0.15, -0.1) is 0 Å². The Kier molecular flexibility index (Phi) is 3.94. The highest BCUT2D eigenvalue weighted by atomic mass is 16.7. The monoisotopic (exact) mass is 238 g/mol. The molecule has 2 heteroatoms. The average Bonchev–Trinajstić information content (AvgIpc) is 2.78. The molecular weight excluding hydrogens is 212 g/mol. The van der Waals surface area contributed by atoms with Gasteiger partial charge in [0.1, 0.15) is 0 Å². The molecule has 1 saturated heterocycles. The Morgan fingerprint density at radius 3 is 2.71 bits per heavy atom. The summed E-state index contributed by atoms with van der Waals surface area (Å²) in [5.41, 5.74) is 1.82. The molecule has 1 heterocycles. The molecule has 2 nitrogen and oxygen atoms in total. The molecule has 0 unspecified atom stereocenters. The summed E-state index contributed by atoms with van der Waals surface area (Å²) in [5, 5.41) is 0. The van der Waals surface area contributed by atoms with E-state index < -0.39 is 0 Å². The summed E-state index contributed by atoms with van der Waals surface area (Å²) in [4.78, 5) is 0. The number of ether oxygens (including phenoxy) is 2. The van der Waals surface area contributed by atoms with Crippen molar-refractivity contribution in [3.8, 4) is 0 Å². The van der Waals surface area contributed by atoms with Crippen molar-refractivity contribution in [3.05, 3.63) is 11.6 Å². The van der Waals surface area contributed by atoms with Gasteiger partial charge in [0, 0.05) is 6.61 Å². The van der Waals surface area contributed by atoms with Crippen molar-refractivity contribution in [2.75, 3.05) is 13.2 Å². The summed E-state index contributed by atoms with van der Waals surface area (Å²) in [6.07, 6.45) is 5.97. The Morgan fingerprint density at radius 1 is 1.35 bits per heavy atom. The molecule has 1 aliphatic carbocycles. The van der Waals surface area contributed by atoms with E-state index in [2.05, 4.69) is 33.8 Å². The minimum atomic E-state index is 0.0625. The van der Waals surface area contributed by atoms with Gasteiger partial charge in [-0.25, -0.2) is 0 Å². The summed E-state index contributed by atoms with van der Waals surface area (Å²) in [7, 11) is 0. The predicted octanol–water partition coefficient (Wildman–Crippen LogP) is 3.77. The van der Waals surface area contributed by atoms with Crippen LogP contribution in [0.1, 0.15) is 47.0 Å². The second-order valence-corrected chi connectivity index (χ2v) is 6.33. The fraction of sp³-hybridized carbons (Fsp3) is 0.867. The summed E-state index contributed by atoms with van der Waals surface area (Å²) in [5.74, 6) is 1.36. The van der Waals surface area contributed by atoms with Gasteiger partial charge in [0.2, 0.25) is 0 Å². The van der Waals surface area contributed by atoms with Gasteiger partial charge in [-0.05, 0) is 50.4 Å². The van der Waals surface area contributed by atoms with E-state index in [9.17, 15) is 0 Å². The van der Waals surface area contributed by atoms with Gasteiger partial charge in [-0.2, -0.15) is 0 Å². The Morgan fingerprint density at radius 2 is 2.12 bits per heavy atom. The molecule has 0 aromatic heterocycles. The van der Waals surface area contributed by atoms with E-state index >= 15 is 0 Å². The number of allylic oxidation sites excluding steroid dienone is 2. The molecule has 1 aliphatic heterocycles. The first-order chi connectivity index (χ1) is 8.01. The minimum absolute atomic E-state index is 0.0625. The largest absolute Gasteiger partial charge is 0.353 e. The molecule has 0 aromatic rings. The molecule has 98 valence electrons. The molecule has 3 atom stereocenters. The van der Waals surface area contributed by atoms with Gasteiger partial charge in [0.25, 0.3) is 0 Å². The molecule has 2 aliphatic rings. The fourth-order valence-electron chi connectivity index (χ4n) is 2.85. The van der Waals surface area contributed by atoms with Gasteiger partial charge in [-0.3, -0.25) is 0 Å². The van der Waals surface area contributed by atoms with Crippen LogP contribution in [0.5, 0.6) is 0 Å². The van der Waals surface area contributed by atoms with Crippen LogP contribution in [-0.4, -0.2) is 19.5 Å². The zero-order valence-electron chi connectivity index (χ0n) is 11.7. The van der Waals surface area contributed by atoms with Crippen molar-refractivity contribution >= 4 is 0 Å². The van der Waals surface area contributed by atoms with Crippen molar-refractivity contribution in [3.63, 3.8) is 0 Å². The lowest BCUT2D eigenvalue weighted by atomic mass is 10.1. The van der Waals surface area contributed by atoms with Crippen molar-refractivity contribution in [1.82, 2.24) is 0 Å². The maximum absolute atomic E-state index is 5.90. The van der Waals surface area contributed by atoms with Crippen molar-refractivity contribution in [2.45, 2.75) is 53.2 Å². The lowest BCUT2D eigenvalue weighted by Crippen LogP contribution is -2.23. The predicted molar refractivity (Wildman–Crippen MR) is 69.7 cm³/mol. The molecule has 0 aromatic carbocycles. The van der Waals surface area contributed by atoms with Crippen LogP contribution in [0.3, 0.4) is 0 Å². The van der Waals surface area contributed by atoms with Crippen molar-refractivity contribution in [1.29, 1.82) is 0 Å². The molecule has 2 rings (SSSR count). The summed E-state index contributed by atoms with van der Waals surface area (Å²) < 4.78 is 11.5. The molecular formula is C15H26O2. The SMILES string of the molecule is CC(C)=C[C@H]1[C@@H](CO[C@@H]2CCCCO2)C1(C)C. The van der Waals surface area contributed by atoms with E-state index in [1.54, 1.807) is 0 Å². The fourth-order valence-corrected chi connectivity index (χ4v) is 2.85. The maximum atomic E-state index is 5.90. The van der Waals surface area contributed by atoms with Crippen molar-refractivity contribution in [2.24, 2.45) is 17.3 Å². The Balaban J connectivity index is 1.78. The molecule has 1 saturated carbocycles. The van der Waals surface area contributed by atoms with Crippen LogP contribution in [0.4, 0.5) is 0 Å². The summed E-state index contributed by atoms with van der Waals surface area (Å²) in [6, 6.07) is 0. The molecule has 0 radical (unpaired) electrons. The van der Waals surface area contributed by atoms with E-state index in [-0.39, 0.29) is 6.29 Å². The van der Waals surface area contributed by atoms with Gasteiger partial charge in [0.15, 0.2) is 6.29 Å². The summed E-state index contributed by atoms with van der Waals surface area (Å²) >= 11 is 0. The van der Waals surface area contributed by atoms with Crippen molar-refractivity contribution < 1.29 is 9.47 Å². The number of hydrogen-bond donors (Lipinski definition) is 0. The Hall–Kier alpha value is -0.340. The zero-order chi connectivity index (χ0) is 12.5. The average molecular weight is 238 g/mol. The maximum Gasteiger partial charge on any atom is 0.157 e. The number of rotatable bonds is 4. The van der Waals surface area contributed by atoms with Crippen LogP contribution < -0.4 is 0 Å². The van der Waals surface area contributed by atoms with Crippen LogP contribution in [0.2, 0.25) is 0 Å². The third-order valence-corrected chi connectivity index (χ3v) is 4.25. The normalized spacial score (nSPS) is 35.4. The first-order valence-electron chi connectivity index (χ1n) is 6.90. The van der Waals surface area contributed by atoms with Gasteiger partial charge < -0.3 is 9.47 Å². The molecule has 0 bridgehead atoms. The molecule has 0 spiro atoms. The van der Waals surface area contributed by atoms with Gasteiger partial charge in [-0.1, -0.05) is 25.5 Å². The smallest absolute Gasteiger partial charge is 0.157 e. The Labute approximate surface area is 105 Å². The second-order valence-electron chi connectivity index (χ2n) is 6.33. The molecule has 2 fully saturated rings. The highest BCUT2D eigenvalue weighted by Gasteiger charge is 2.56. The van der Waals surface area contributed by atoms with Crippen LogP contribution >= 0.6 is 0 Å². The van der Waals surface area contributed by atoms with Crippen LogP contribution in [0.15, 0.2) is 11.6 Å². The van der Waals surface area contributed by atoms with E-state index in [1.807, 2.05) is 0 Å². The lowest BCUT2D eigenvalue weighted by Gasteiger charge is -2.22. The third-order valence-electron chi connectivity index (χ3n) is 4.25. The van der Waals surface area contributed by atoms with E-state index in [1.165, 1.54) is 18.4 Å². The van der Waals surface area contributed by atoms with Crippen LogP contribution in [-0.2, 0) is 9.47 Å². The van der Waals surface area contributed by atoms with Gasteiger partial charge in [0.05, 0.1) is 6.61 Å². The number of hydrogen-bond acceptors (Lipinski definition) is 2. The second kappa shape index (κ2) is 5.11. The quantitative estimate of drug-likeness (QED) is 0.694. The van der Waals surface area contributed by atoms with E-state index in [0.29, 0.717) is 17.3 Å². The summed E-state index contributed by atoms with van der Waals surface area (Å²) in [6.45, 7) is 10.8. The highest BCUT2D eigenvalue weighted by molar-refractivity contribution is 5.16. The highest BCUT2D eigenvalue weighted by Crippen LogP contribution is 2.59. The van der Waals surface area contributed by atoms with Crippen LogP contribution in [0.25, 0.3) is 0 Å². The first-order valence-corrected chi connectivity index (χ1v) is 6.90. The van der Waals surface area contributed by atoms with Gasteiger partial charge >= 0.3 is 0 Å². The third kappa shape index (κ3) is 3.11. The zero-order valence-corrected chi connectivity index (χ0v) is 11.7. The topological polar surface area (TPSA) is 18.5 Å². The first kappa shape index (κ1) is 13.1. The van der Waals surface area contributed by atoms with E-state index in [4.69, 9.17) is 9.47 Å². The molecule has 0 amide bonds. The minimum Gasteiger partial charge on any atom is -0.353 e.